The molecule has 1 aromatic rings. The molecule has 0 aliphatic rings. The topological polar surface area (TPSA) is 32.3 Å². The van der Waals surface area contributed by atoms with Crippen LogP contribution in [0, 0.1) is 5.92 Å². The second-order valence-corrected chi connectivity index (χ2v) is 5.14. The molecule has 5 heteroatoms. The minimum Gasteiger partial charge on any atom is -0.396 e. The van der Waals surface area contributed by atoms with Crippen molar-refractivity contribution in [1.82, 2.24) is 0 Å². The van der Waals surface area contributed by atoms with Crippen LogP contribution >= 0.6 is 39.1 Å². The molecule has 0 radical (unpaired) electrons. The molecule has 0 amide bonds. The lowest BCUT2D eigenvalue weighted by molar-refractivity contribution is 0.244. The fourth-order valence-corrected chi connectivity index (χ4v) is 2.39. The van der Waals surface area contributed by atoms with Crippen LogP contribution in [0.1, 0.15) is 6.92 Å². The summed E-state index contributed by atoms with van der Waals surface area (Å²) in [7, 11) is 0. The fraction of sp³-hybridized carbons (Fsp3) is 0.400. The molecule has 0 bridgehead atoms. The van der Waals surface area contributed by atoms with Crippen molar-refractivity contribution in [2.45, 2.75) is 6.92 Å². The molecule has 0 spiro atoms. The first-order valence-corrected chi connectivity index (χ1v) is 6.08. The summed E-state index contributed by atoms with van der Waals surface area (Å²) in [5.41, 5.74) is 0.710. The van der Waals surface area contributed by atoms with Crippen LogP contribution in [0.5, 0.6) is 0 Å². The van der Waals surface area contributed by atoms with Gasteiger partial charge in [-0.3, -0.25) is 0 Å². The molecule has 2 N–H and O–H groups in total. The Bertz CT molecular complexity index is 323. The Morgan fingerprint density at radius 1 is 1.40 bits per heavy atom. The normalized spacial score (nSPS) is 12.6. The number of hydrogen-bond acceptors (Lipinski definition) is 2. The number of anilines is 1. The van der Waals surface area contributed by atoms with E-state index in [4.69, 9.17) is 28.3 Å². The van der Waals surface area contributed by atoms with E-state index in [2.05, 4.69) is 21.2 Å². The zero-order valence-corrected chi connectivity index (χ0v) is 11.3. The first-order chi connectivity index (χ1) is 7.04. The zero-order chi connectivity index (χ0) is 11.4. The smallest absolute Gasteiger partial charge is 0.0719 e. The third-order valence-corrected chi connectivity index (χ3v) is 3.00. The summed E-state index contributed by atoms with van der Waals surface area (Å²) >= 11 is 15.3. The number of aliphatic hydroxyl groups is 1. The third kappa shape index (κ3) is 3.83. The van der Waals surface area contributed by atoms with Crippen molar-refractivity contribution in [3.05, 3.63) is 26.7 Å². The van der Waals surface area contributed by atoms with Crippen molar-refractivity contribution in [1.29, 1.82) is 0 Å². The first kappa shape index (κ1) is 13.1. The Balaban J connectivity index is 2.77. The maximum Gasteiger partial charge on any atom is 0.0719 e. The summed E-state index contributed by atoms with van der Waals surface area (Å²) in [6.45, 7) is 2.71. The SMILES string of the molecule is CC(CO)CNc1c(Cl)cc(Br)cc1Cl. The summed E-state index contributed by atoms with van der Waals surface area (Å²) in [6.07, 6.45) is 0. The van der Waals surface area contributed by atoms with Gasteiger partial charge in [0.15, 0.2) is 0 Å². The third-order valence-electron chi connectivity index (χ3n) is 1.95. The molecule has 1 unspecified atom stereocenters. The number of rotatable bonds is 4. The highest BCUT2D eigenvalue weighted by Crippen LogP contribution is 2.33. The molecule has 84 valence electrons. The molecule has 0 aliphatic heterocycles. The first-order valence-electron chi connectivity index (χ1n) is 4.54. The predicted octanol–water partition coefficient (Wildman–Crippen LogP) is 3.80. The van der Waals surface area contributed by atoms with Gasteiger partial charge in [0.1, 0.15) is 0 Å². The lowest BCUT2D eigenvalue weighted by Crippen LogP contribution is -2.14. The van der Waals surface area contributed by atoms with Gasteiger partial charge in [-0.25, -0.2) is 0 Å². The lowest BCUT2D eigenvalue weighted by atomic mass is 10.2. The molecule has 2 nitrogen and oxygen atoms in total. The molecular formula is C10H12BrCl2NO. The van der Waals surface area contributed by atoms with Crippen molar-refractivity contribution in [3.8, 4) is 0 Å². The molecule has 0 saturated heterocycles. The fourth-order valence-electron chi connectivity index (χ4n) is 1.05. The molecule has 1 rings (SSSR count). The van der Waals surface area contributed by atoms with E-state index in [-0.39, 0.29) is 12.5 Å². The molecule has 1 aromatic carbocycles. The number of nitrogens with one attached hydrogen (secondary N) is 1. The van der Waals surface area contributed by atoms with E-state index in [0.717, 1.165) is 4.47 Å². The van der Waals surface area contributed by atoms with Crippen LogP contribution in [0.25, 0.3) is 0 Å². The van der Waals surface area contributed by atoms with E-state index < -0.39 is 0 Å². The van der Waals surface area contributed by atoms with Gasteiger partial charge in [-0.05, 0) is 18.1 Å². The molecule has 0 aromatic heterocycles. The van der Waals surface area contributed by atoms with Crippen LogP contribution in [0.2, 0.25) is 10.0 Å². The average molecular weight is 313 g/mol. The Labute approximate surface area is 108 Å². The standard InChI is InChI=1S/C10H12BrCl2NO/c1-6(5-15)4-14-10-8(12)2-7(11)3-9(10)13/h2-3,6,14-15H,4-5H2,1H3. The highest BCUT2D eigenvalue weighted by molar-refractivity contribution is 9.10. The summed E-state index contributed by atoms with van der Waals surface area (Å²) in [4.78, 5) is 0. The molecule has 0 heterocycles. The second-order valence-electron chi connectivity index (χ2n) is 3.41. The van der Waals surface area contributed by atoms with Crippen LogP contribution in [-0.2, 0) is 0 Å². The van der Waals surface area contributed by atoms with Gasteiger partial charge in [0.25, 0.3) is 0 Å². The Morgan fingerprint density at radius 2 is 1.93 bits per heavy atom. The zero-order valence-electron chi connectivity index (χ0n) is 8.23. The molecule has 0 aliphatic carbocycles. The van der Waals surface area contributed by atoms with E-state index in [9.17, 15) is 0 Å². The van der Waals surface area contributed by atoms with Gasteiger partial charge in [0.05, 0.1) is 15.7 Å². The Morgan fingerprint density at radius 3 is 2.40 bits per heavy atom. The number of benzene rings is 1. The predicted molar refractivity (Wildman–Crippen MR) is 68.9 cm³/mol. The minimum atomic E-state index is 0.138. The number of hydrogen-bond donors (Lipinski definition) is 2. The minimum absolute atomic E-state index is 0.138. The highest BCUT2D eigenvalue weighted by atomic mass is 79.9. The highest BCUT2D eigenvalue weighted by Gasteiger charge is 2.08. The van der Waals surface area contributed by atoms with Gasteiger partial charge in [-0.2, -0.15) is 0 Å². The Hall–Kier alpha value is 0.0400. The van der Waals surface area contributed by atoms with Crippen molar-refractivity contribution < 1.29 is 5.11 Å². The van der Waals surface area contributed by atoms with Gasteiger partial charge in [0, 0.05) is 17.6 Å². The van der Waals surface area contributed by atoms with E-state index in [1.165, 1.54) is 0 Å². The summed E-state index contributed by atoms with van der Waals surface area (Å²) < 4.78 is 0.846. The van der Waals surface area contributed by atoms with E-state index >= 15 is 0 Å². The van der Waals surface area contributed by atoms with Crippen LogP contribution in [0.15, 0.2) is 16.6 Å². The quantitative estimate of drug-likeness (QED) is 0.886. The molecule has 0 fully saturated rings. The van der Waals surface area contributed by atoms with Gasteiger partial charge in [-0.1, -0.05) is 46.1 Å². The monoisotopic (exact) mass is 311 g/mol. The summed E-state index contributed by atoms with van der Waals surface area (Å²) in [5, 5.41) is 13.1. The molecule has 0 saturated carbocycles. The van der Waals surface area contributed by atoms with E-state index in [1.807, 2.05) is 6.92 Å². The number of halogens is 3. The van der Waals surface area contributed by atoms with Gasteiger partial charge in [0.2, 0.25) is 0 Å². The summed E-state index contributed by atoms with van der Waals surface area (Å²) in [5.74, 6) is 0.167. The van der Waals surface area contributed by atoms with Crippen molar-refractivity contribution in [3.63, 3.8) is 0 Å². The molecular weight excluding hydrogens is 301 g/mol. The van der Waals surface area contributed by atoms with Gasteiger partial charge < -0.3 is 10.4 Å². The van der Waals surface area contributed by atoms with Crippen LogP contribution in [-0.4, -0.2) is 18.3 Å². The Kier molecular flexibility index (Phi) is 5.19. The largest absolute Gasteiger partial charge is 0.396 e. The lowest BCUT2D eigenvalue weighted by Gasteiger charge is -2.13. The van der Waals surface area contributed by atoms with Gasteiger partial charge >= 0.3 is 0 Å². The van der Waals surface area contributed by atoms with Crippen molar-refractivity contribution >= 4 is 44.8 Å². The average Bonchev–Trinajstić information content (AvgIpc) is 2.15. The second kappa shape index (κ2) is 5.94. The van der Waals surface area contributed by atoms with Crippen molar-refractivity contribution in [2.75, 3.05) is 18.5 Å². The van der Waals surface area contributed by atoms with Gasteiger partial charge in [-0.15, -0.1) is 0 Å². The summed E-state index contributed by atoms with van der Waals surface area (Å²) in [6, 6.07) is 3.55. The number of aliphatic hydroxyl groups excluding tert-OH is 1. The van der Waals surface area contributed by atoms with Crippen LogP contribution in [0.3, 0.4) is 0 Å². The van der Waals surface area contributed by atoms with E-state index in [0.29, 0.717) is 22.3 Å². The van der Waals surface area contributed by atoms with Crippen LogP contribution in [0.4, 0.5) is 5.69 Å². The van der Waals surface area contributed by atoms with Crippen molar-refractivity contribution in [2.24, 2.45) is 5.92 Å². The maximum absolute atomic E-state index is 8.88. The maximum atomic E-state index is 8.88. The molecule has 15 heavy (non-hydrogen) atoms. The van der Waals surface area contributed by atoms with Crippen LogP contribution < -0.4 is 5.32 Å². The van der Waals surface area contributed by atoms with E-state index in [1.54, 1.807) is 12.1 Å². The molecule has 1 atom stereocenters.